The number of esters is 1. The molecule has 6 heteroatoms. The summed E-state index contributed by atoms with van der Waals surface area (Å²) in [4.78, 5) is 18.4. The molecule has 0 aromatic carbocycles. The van der Waals surface area contributed by atoms with E-state index in [0.29, 0.717) is 6.61 Å². The standard InChI is InChI=1S/C14H26N4O2/c1-5-18(6-2)9-8-16-13(14(19)20-7-3)12-10-15-11-17(12)4/h10-11,13,16H,5-9H2,1-4H3. The maximum Gasteiger partial charge on any atom is 0.329 e. The van der Waals surface area contributed by atoms with E-state index < -0.39 is 6.04 Å². The van der Waals surface area contributed by atoms with Gasteiger partial charge in [-0.2, -0.15) is 0 Å². The number of likely N-dealkylation sites (N-methyl/N-ethyl adjacent to an activating group) is 1. The first-order valence-electron chi connectivity index (χ1n) is 7.22. The highest BCUT2D eigenvalue weighted by atomic mass is 16.5. The van der Waals surface area contributed by atoms with Crippen molar-refractivity contribution in [2.45, 2.75) is 26.8 Å². The first-order valence-corrected chi connectivity index (χ1v) is 7.22. The summed E-state index contributed by atoms with van der Waals surface area (Å²) in [5, 5.41) is 3.27. The van der Waals surface area contributed by atoms with Crippen LogP contribution in [0.2, 0.25) is 0 Å². The molecule has 1 heterocycles. The molecule has 0 aliphatic rings. The summed E-state index contributed by atoms with van der Waals surface area (Å²) in [5.74, 6) is -0.254. The number of carbonyl (C=O) groups is 1. The Morgan fingerprint density at radius 2 is 2.15 bits per heavy atom. The van der Waals surface area contributed by atoms with Crippen LogP contribution in [-0.2, 0) is 16.6 Å². The Kier molecular flexibility index (Phi) is 7.25. The molecule has 0 saturated carbocycles. The normalized spacial score (nSPS) is 12.7. The third-order valence-electron chi connectivity index (χ3n) is 3.34. The molecule has 0 radical (unpaired) electrons. The summed E-state index contributed by atoms with van der Waals surface area (Å²) < 4.78 is 6.98. The molecule has 0 bridgehead atoms. The lowest BCUT2D eigenvalue weighted by molar-refractivity contribution is -0.146. The summed E-state index contributed by atoms with van der Waals surface area (Å²) in [6.07, 6.45) is 3.39. The van der Waals surface area contributed by atoms with Crippen LogP contribution in [0, 0.1) is 0 Å². The minimum atomic E-state index is -0.460. The van der Waals surface area contributed by atoms with Crippen molar-refractivity contribution < 1.29 is 9.53 Å². The van der Waals surface area contributed by atoms with Gasteiger partial charge in [-0.25, -0.2) is 9.78 Å². The zero-order chi connectivity index (χ0) is 15.0. The molecule has 1 N–H and O–H groups in total. The van der Waals surface area contributed by atoms with Gasteiger partial charge in [0.2, 0.25) is 0 Å². The number of hydrogen-bond acceptors (Lipinski definition) is 5. The fourth-order valence-corrected chi connectivity index (χ4v) is 2.09. The molecule has 1 unspecified atom stereocenters. The van der Waals surface area contributed by atoms with Gasteiger partial charge in [0.25, 0.3) is 0 Å². The Morgan fingerprint density at radius 1 is 1.45 bits per heavy atom. The lowest BCUT2D eigenvalue weighted by Gasteiger charge is -2.21. The molecular formula is C14H26N4O2. The van der Waals surface area contributed by atoms with Gasteiger partial charge >= 0.3 is 5.97 Å². The molecule has 0 spiro atoms. The number of aromatic nitrogens is 2. The number of nitrogens with one attached hydrogen (secondary N) is 1. The predicted molar refractivity (Wildman–Crippen MR) is 78.4 cm³/mol. The van der Waals surface area contributed by atoms with E-state index in [4.69, 9.17) is 4.74 Å². The van der Waals surface area contributed by atoms with Gasteiger partial charge in [-0.05, 0) is 20.0 Å². The van der Waals surface area contributed by atoms with Gasteiger partial charge in [0.1, 0.15) is 6.04 Å². The summed E-state index contributed by atoms with van der Waals surface area (Å²) in [6.45, 7) is 10.1. The quantitative estimate of drug-likeness (QED) is 0.684. The molecule has 20 heavy (non-hydrogen) atoms. The third-order valence-corrected chi connectivity index (χ3v) is 3.34. The van der Waals surface area contributed by atoms with Gasteiger partial charge in [-0.15, -0.1) is 0 Å². The summed E-state index contributed by atoms with van der Waals surface area (Å²) in [5.41, 5.74) is 0.822. The SMILES string of the molecule is CCOC(=O)C(NCCN(CC)CC)c1cncn1C. The van der Waals surface area contributed by atoms with Crippen molar-refractivity contribution >= 4 is 5.97 Å². The molecule has 1 rings (SSSR count). The van der Waals surface area contributed by atoms with Gasteiger partial charge in [-0.3, -0.25) is 5.32 Å². The van der Waals surface area contributed by atoms with Crippen LogP contribution in [0.5, 0.6) is 0 Å². The Bertz CT molecular complexity index is 402. The monoisotopic (exact) mass is 282 g/mol. The van der Waals surface area contributed by atoms with Gasteiger partial charge in [-0.1, -0.05) is 13.8 Å². The van der Waals surface area contributed by atoms with Gasteiger partial charge in [0.05, 0.1) is 24.8 Å². The highest BCUT2D eigenvalue weighted by Gasteiger charge is 2.24. The van der Waals surface area contributed by atoms with Crippen LogP contribution in [0.4, 0.5) is 0 Å². The topological polar surface area (TPSA) is 59.4 Å². The van der Waals surface area contributed by atoms with Crippen molar-refractivity contribution in [3.63, 3.8) is 0 Å². The van der Waals surface area contributed by atoms with Crippen LogP contribution >= 0.6 is 0 Å². The number of aryl methyl sites for hydroxylation is 1. The Labute approximate surface area is 121 Å². The van der Waals surface area contributed by atoms with E-state index >= 15 is 0 Å². The Balaban J connectivity index is 2.65. The second-order valence-electron chi connectivity index (χ2n) is 4.60. The zero-order valence-electron chi connectivity index (χ0n) is 12.9. The second-order valence-corrected chi connectivity index (χ2v) is 4.60. The highest BCUT2D eigenvalue weighted by Crippen LogP contribution is 2.13. The number of hydrogen-bond donors (Lipinski definition) is 1. The molecule has 1 atom stereocenters. The molecule has 0 aliphatic heterocycles. The average molecular weight is 282 g/mol. The number of carbonyl (C=O) groups excluding carboxylic acids is 1. The fraction of sp³-hybridized carbons (Fsp3) is 0.714. The van der Waals surface area contributed by atoms with Crippen molar-refractivity contribution in [3.8, 4) is 0 Å². The van der Waals surface area contributed by atoms with Gasteiger partial charge in [0, 0.05) is 20.1 Å². The zero-order valence-corrected chi connectivity index (χ0v) is 12.9. The van der Waals surface area contributed by atoms with Crippen molar-refractivity contribution in [3.05, 3.63) is 18.2 Å². The van der Waals surface area contributed by atoms with Crippen molar-refractivity contribution in [1.29, 1.82) is 0 Å². The molecule has 6 nitrogen and oxygen atoms in total. The summed E-state index contributed by atoms with van der Waals surface area (Å²) >= 11 is 0. The van der Waals surface area contributed by atoms with E-state index in [2.05, 4.69) is 29.0 Å². The van der Waals surface area contributed by atoms with Crippen molar-refractivity contribution in [2.24, 2.45) is 7.05 Å². The van der Waals surface area contributed by atoms with Crippen LogP contribution in [-0.4, -0.2) is 53.2 Å². The third kappa shape index (κ3) is 4.61. The lowest BCUT2D eigenvalue weighted by atomic mass is 10.2. The van der Waals surface area contributed by atoms with E-state index in [0.717, 1.165) is 31.9 Å². The Hall–Kier alpha value is -1.40. The van der Waals surface area contributed by atoms with E-state index in [1.54, 1.807) is 12.5 Å². The van der Waals surface area contributed by atoms with Crippen LogP contribution in [0.25, 0.3) is 0 Å². The van der Waals surface area contributed by atoms with Gasteiger partial charge in [0.15, 0.2) is 0 Å². The average Bonchev–Trinajstić information content (AvgIpc) is 2.85. The molecule has 0 aliphatic carbocycles. The van der Waals surface area contributed by atoms with Crippen molar-refractivity contribution in [1.82, 2.24) is 19.8 Å². The van der Waals surface area contributed by atoms with Crippen LogP contribution in [0.1, 0.15) is 32.5 Å². The largest absolute Gasteiger partial charge is 0.465 e. The molecule has 0 saturated heterocycles. The molecule has 1 aromatic heterocycles. The fourth-order valence-electron chi connectivity index (χ4n) is 2.09. The number of imidazole rings is 1. The van der Waals surface area contributed by atoms with E-state index in [-0.39, 0.29) is 5.97 Å². The molecule has 0 amide bonds. The number of nitrogens with zero attached hydrogens (tertiary/aromatic N) is 3. The van der Waals surface area contributed by atoms with E-state index in [1.807, 2.05) is 18.5 Å². The molecule has 0 fully saturated rings. The van der Waals surface area contributed by atoms with Crippen molar-refractivity contribution in [2.75, 3.05) is 32.8 Å². The molecular weight excluding hydrogens is 256 g/mol. The lowest BCUT2D eigenvalue weighted by Crippen LogP contribution is -2.37. The highest BCUT2D eigenvalue weighted by molar-refractivity contribution is 5.77. The van der Waals surface area contributed by atoms with Crippen LogP contribution in [0.15, 0.2) is 12.5 Å². The second kappa shape index (κ2) is 8.71. The maximum absolute atomic E-state index is 12.1. The van der Waals surface area contributed by atoms with Gasteiger partial charge < -0.3 is 14.2 Å². The minimum Gasteiger partial charge on any atom is -0.465 e. The van der Waals surface area contributed by atoms with Crippen LogP contribution in [0.3, 0.4) is 0 Å². The van der Waals surface area contributed by atoms with E-state index in [1.165, 1.54) is 0 Å². The first-order chi connectivity index (χ1) is 9.63. The maximum atomic E-state index is 12.1. The smallest absolute Gasteiger partial charge is 0.329 e. The predicted octanol–water partition coefficient (Wildman–Crippen LogP) is 0.956. The number of ether oxygens (including phenoxy) is 1. The molecule has 114 valence electrons. The summed E-state index contributed by atoms with van der Waals surface area (Å²) in [7, 11) is 1.88. The number of rotatable bonds is 9. The first kappa shape index (κ1) is 16.7. The minimum absolute atomic E-state index is 0.254. The summed E-state index contributed by atoms with van der Waals surface area (Å²) in [6, 6.07) is -0.460. The van der Waals surface area contributed by atoms with Crippen LogP contribution < -0.4 is 5.32 Å². The molecule has 1 aromatic rings. The Morgan fingerprint density at radius 3 is 2.65 bits per heavy atom. The van der Waals surface area contributed by atoms with E-state index in [9.17, 15) is 4.79 Å².